The molecule has 0 bridgehead atoms. The van der Waals surface area contributed by atoms with Crippen molar-refractivity contribution in [3.63, 3.8) is 0 Å². The fourth-order valence-electron chi connectivity index (χ4n) is 5.61. The number of amides is 3. The first-order valence-electron chi connectivity index (χ1n) is 12.4. The lowest BCUT2D eigenvalue weighted by Crippen LogP contribution is -2.51. The summed E-state index contributed by atoms with van der Waals surface area (Å²) in [6.07, 6.45) is 3.92. The van der Waals surface area contributed by atoms with Gasteiger partial charge in [-0.1, -0.05) is 36.4 Å². The summed E-state index contributed by atoms with van der Waals surface area (Å²) in [5, 5.41) is 3.04. The van der Waals surface area contributed by atoms with Crippen LogP contribution in [0.4, 0.5) is 10.5 Å². The summed E-state index contributed by atoms with van der Waals surface area (Å²) in [4.78, 5) is 32.2. The summed E-state index contributed by atoms with van der Waals surface area (Å²) in [7, 11) is 1.72. The highest BCUT2D eigenvalue weighted by atomic mass is 35.5. The van der Waals surface area contributed by atoms with Gasteiger partial charge in [-0.25, -0.2) is 4.79 Å². The van der Waals surface area contributed by atoms with Crippen molar-refractivity contribution in [1.29, 1.82) is 0 Å². The number of hydrogen-bond acceptors (Lipinski definition) is 5. The molecular weight excluding hydrogens is 464 g/mol. The summed E-state index contributed by atoms with van der Waals surface area (Å²) in [6.45, 7) is 5.43. The van der Waals surface area contributed by atoms with E-state index in [1.807, 2.05) is 24.3 Å². The molecule has 0 radical (unpaired) electrons. The number of ether oxygens (including phenoxy) is 1. The molecule has 2 saturated heterocycles. The molecule has 1 unspecified atom stereocenters. The lowest BCUT2D eigenvalue weighted by molar-refractivity contribution is -0.131. The van der Waals surface area contributed by atoms with Gasteiger partial charge in [-0.2, -0.15) is 0 Å². The number of piperazine rings is 1. The van der Waals surface area contributed by atoms with E-state index in [1.165, 1.54) is 16.0 Å². The summed E-state index contributed by atoms with van der Waals surface area (Å²) >= 11 is 0. The largest absolute Gasteiger partial charge is 0.495 e. The molecule has 2 fully saturated rings. The molecule has 3 amide bonds. The van der Waals surface area contributed by atoms with E-state index in [2.05, 4.69) is 39.4 Å². The van der Waals surface area contributed by atoms with Gasteiger partial charge < -0.3 is 15.0 Å². The quantitative estimate of drug-likeness (QED) is 0.467. The van der Waals surface area contributed by atoms with Crippen molar-refractivity contribution >= 4 is 30.0 Å². The van der Waals surface area contributed by atoms with E-state index in [1.54, 1.807) is 7.11 Å². The zero-order valence-electron chi connectivity index (χ0n) is 20.4. The monoisotopic (exact) mass is 498 g/mol. The molecule has 1 spiro atoms. The minimum Gasteiger partial charge on any atom is -0.495 e. The molecule has 3 aliphatic rings. The predicted octanol–water partition coefficient (Wildman–Crippen LogP) is 3.50. The van der Waals surface area contributed by atoms with Crippen LogP contribution < -0.4 is 15.0 Å². The topological polar surface area (TPSA) is 65.1 Å². The van der Waals surface area contributed by atoms with Crippen LogP contribution in [0.3, 0.4) is 0 Å². The number of imide groups is 1. The molecule has 2 heterocycles. The highest BCUT2D eigenvalue weighted by Gasteiger charge is 2.51. The molecule has 35 heavy (non-hydrogen) atoms. The van der Waals surface area contributed by atoms with Gasteiger partial charge in [0.2, 0.25) is 0 Å². The van der Waals surface area contributed by atoms with E-state index in [9.17, 15) is 9.59 Å². The van der Waals surface area contributed by atoms with Gasteiger partial charge in [-0.3, -0.25) is 14.6 Å². The van der Waals surface area contributed by atoms with Gasteiger partial charge in [0.25, 0.3) is 5.91 Å². The zero-order chi connectivity index (χ0) is 23.5. The maximum atomic E-state index is 13.2. The van der Waals surface area contributed by atoms with Crippen LogP contribution in [0.2, 0.25) is 0 Å². The van der Waals surface area contributed by atoms with Crippen molar-refractivity contribution in [3.05, 3.63) is 59.7 Å². The highest BCUT2D eigenvalue weighted by Crippen LogP contribution is 2.34. The highest BCUT2D eigenvalue weighted by molar-refractivity contribution is 6.07. The Kier molecular flexibility index (Phi) is 7.87. The summed E-state index contributed by atoms with van der Waals surface area (Å²) in [5.74, 6) is 0.876. The lowest BCUT2D eigenvalue weighted by atomic mass is 9.78. The molecule has 1 N–H and O–H groups in total. The first-order valence-corrected chi connectivity index (χ1v) is 12.4. The van der Waals surface area contributed by atoms with E-state index in [0.717, 1.165) is 63.4 Å². The number of carbonyl (C=O) groups excluding carboxylic acids is 2. The van der Waals surface area contributed by atoms with Crippen LogP contribution in [-0.4, -0.2) is 73.7 Å². The number of fused-ring (bicyclic) bond motifs is 1. The van der Waals surface area contributed by atoms with Gasteiger partial charge >= 0.3 is 6.03 Å². The number of anilines is 1. The Morgan fingerprint density at radius 1 is 0.914 bits per heavy atom. The number of halogens is 1. The minimum atomic E-state index is -0.750. The molecule has 1 atom stereocenters. The van der Waals surface area contributed by atoms with Gasteiger partial charge in [-0.05, 0) is 55.5 Å². The average Bonchev–Trinajstić information content (AvgIpc) is 3.10. The van der Waals surface area contributed by atoms with Crippen LogP contribution in [-0.2, 0) is 17.6 Å². The Balaban J connectivity index is 0.00000289. The Morgan fingerprint density at radius 2 is 1.60 bits per heavy atom. The fourth-order valence-corrected chi connectivity index (χ4v) is 5.61. The van der Waals surface area contributed by atoms with Crippen LogP contribution in [0.5, 0.6) is 5.75 Å². The van der Waals surface area contributed by atoms with Gasteiger partial charge in [0.05, 0.1) is 12.8 Å². The Hall–Kier alpha value is -2.77. The van der Waals surface area contributed by atoms with Crippen molar-refractivity contribution in [1.82, 2.24) is 15.1 Å². The molecule has 188 valence electrons. The average molecular weight is 499 g/mol. The molecule has 0 saturated carbocycles. The number of para-hydroxylation sites is 2. The van der Waals surface area contributed by atoms with Crippen LogP contribution in [0.25, 0.3) is 0 Å². The fraction of sp³-hybridized carbons (Fsp3) is 0.481. The van der Waals surface area contributed by atoms with Crippen molar-refractivity contribution in [2.24, 2.45) is 0 Å². The number of nitrogens with zero attached hydrogens (tertiary/aromatic N) is 3. The number of benzene rings is 2. The Bertz CT molecular complexity index is 1060. The molecular formula is C27H35ClN4O3. The van der Waals surface area contributed by atoms with E-state index < -0.39 is 5.54 Å². The summed E-state index contributed by atoms with van der Waals surface area (Å²) in [6, 6.07) is 16.2. The predicted molar refractivity (Wildman–Crippen MR) is 140 cm³/mol. The molecule has 0 aromatic heterocycles. The maximum absolute atomic E-state index is 13.2. The van der Waals surface area contributed by atoms with Crippen molar-refractivity contribution in [2.45, 2.75) is 37.6 Å². The minimum absolute atomic E-state index is 0. The molecule has 2 aliphatic heterocycles. The SMILES string of the molecule is COc1ccccc1N1CCN(CCCCN2C(=O)NC3(CCc4ccccc4C3)C2=O)CC1.Cl. The van der Waals surface area contributed by atoms with Crippen molar-refractivity contribution in [3.8, 4) is 5.75 Å². The van der Waals surface area contributed by atoms with Gasteiger partial charge in [0.1, 0.15) is 11.3 Å². The normalized spacial score (nSPS) is 22.1. The van der Waals surface area contributed by atoms with Crippen molar-refractivity contribution in [2.75, 3.05) is 51.3 Å². The van der Waals surface area contributed by atoms with Crippen LogP contribution in [0.15, 0.2) is 48.5 Å². The molecule has 7 nitrogen and oxygen atoms in total. The van der Waals surface area contributed by atoms with Gasteiger partial charge in [0, 0.05) is 39.1 Å². The second-order valence-corrected chi connectivity index (χ2v) is 9.62. The second-order valence-electron chi connectivity index (χ2n) is 9.62. The number of methoxy groups -OCH3 is 1. The smallest absolute Gasteiger partial charge is 0.325 e. The second kappa shape index (κ2) is 10.9. The van der Waals surface area contributed by atoms with Gasteiger partial charge in [0.15, 0.2) is 0 Å². The third-order valence-corrected chi connectivity index (χ3v) is 7.58. The molecule has 8 heteroatoms. The number of unbranched alkanes of at least 4 members (excludes halogenated alkanes) is 1. The number of urea groups is 1. The van der Waals surface area contributed by atoms with Crippen LogP contribution >= 0.6 is 12.4 Å². The van der Waals surface area contributed by atoms with E-state index in [-0.39, 0.29) is 24.3 Å². The number of hydrogen-bond donors (Lipinski definition) is 1. The number of carbonyl (C=O) groups is 2. The maximum Gasteiger partial charge on any atom is 0.325 e. The van der Waals surface area contributed by atoms with E-state index in [4.69, 9.17) is 4.74 Å². The summed E-state index contributed by atoms with van der Waals surface area (Å²) < 4.78 is 5.51. The number of aryl methyl sites for hydroxylation is 1. The van der Waals surface area contributed by atoms with E-state index >= 15 is 0 Å². The lowest BCUT2D eigenvalue weighted by Gasteiger charge is -2.36. The van der Waals surface area contributed by atoms with Crippen molar-refractivity contribution < 1.29 is 14.3 Å². The van der Waals surface area contributed by atoms with Crippen LogP contribution in [0, 0.1) is 0 Å². The van der Waals surface area contributed by atoms with E-state index in [0.29, 0.717) is 19.4 Å². The summed E-state index contributed by atoms with van der Waals surface area (Å²) in [5.41, 5.74) is 2.87. The van der Waals surface area contributed by atoms with Crippen LogP contribution in [0.1, 0.15) is 30.4 Å². The molecule has 1 aliphatic carbocycles. The molecule has 5 rings (SSSR count). The molecule has 2 aromatic rings. The number of rotatable bonds is 7. The Labute approximate surface area is 213 Å². The number of nitrogens with one attached hydrogen (secondary N) is 1. The Morgan fingerprint density at radius 3 is 2.37 bits per heavy atom. The third kappa shape index (κ3) is 5.11. The molecule has 2 aromatic carbocycles. The third-order valence-electron chi connectivity index (χ3n) is 7.58. The zero-order valence-corrected chi connectivity index (χ0v) is 21.2. The van der Waals surface area contributed by atoms with Gasteiger partial charge in [-0.15, -0.1) is 12.4 Å². The first kappa shape index (κ1) is 25.3. The standard InChI is InChI=1S/C27H34N4O3.ClH/c1-34-24-11-5-4-10-23(24)30-18-16-29(17-19-30)14-6-7-15-31-25(32)27(28-26(31)33)13-12-21-8-2-3-9-22(21)20-27;/h2-5,8-11H,6-7,12-20H2,1H3,(H,28,33);1H. The first-order chi connectivity index (χ1) is 16.6.